The average Bonchev–Trinajstić information content (AvgIpc) is 2.59. The van der Waals surface area contributed by atoms with Gasteiger partial charge in [0.15, 0.2) is 0 Å². The Labute approximate surface area is 152 Å². The summed E-state index contributed by atoms with van der Waals surface area (Å²) in [5.41, 5.74) is -0.200. The first kappa shape index (κ1) is 18.9. The van der Waals surface area contributed by atoms with Gasteiger partial charge in [-0.05, 0) is 36.4 Å². The summed E-state index contributed by atoms with van der Waals surface area (Å²) in [5.74, 6) is -2.84. The van der Waals surface area contributed by atoms with Crippen LogP contribution in [0.5, 0.6) is 0 Å². The Morgan fingerprint density at radius 1 is 1.16 bits per heavy atom. The molecular formula is C17H11Cl2F2NO3. The summed E-state index contributed by atoms with van der Waals surface area (Å²) in [7, 11) is 1.10. The number of aliphatic hydroxyl groups is 1. The minimum Gasteiger partial charge on any atom is -0.506 e. The van der Waals surface area contributed by atoms with Crippen molar-refractivity contribution in [2.75, 3.05) is 7.11 Å². The van der Waals surface area contributed by atoms with Gasteiger partial charge in [0.2, 0.25) is 0 Å². The fraction of sp³-hybridized carbons (Fsp3) is 0.0588. The SMILES string of the molecule is COC(=O)/C(C=Nc1ccc(F)cc1)=C(\O)c1cc(F)c(Cl)cc1Cl. The Morgan fingerprint density at radius 2 is 1.80 bits per heavy atom. The van der Waals surface area contributed by atoms with Crippen LogP contribution in [0.2, 0.25) is 10.0 Å². The molecule has 0 saturated heterocycles. The molecule has 2 aromatic carbocycles. The number of esters is 1. The topological polar surface area (TPSA) is 58.9 Å². The van der Waals surface area contributed by atoms with Crippen molar-refractivity contribution in [1.82, 2.24) is 0 Å². The predicted octanol–water partition coefficient (Wildman–Crippen LogP) is 5.12. The quantitative estimate of drug-likeness (QED) is 0.261. The first-order valence-electron chi connectivity index (χ1n) is 6.79. The smallest absolute Gasteiger partial charge is 0.343 e. The summed E-state index contributed by atoms with van der Waals surface area (Å²) in [5, 5.41) is 10.0. The molecule has 25 heavy (non-hydrogen) atoms. The number of aliphatic imine (C=N–C) groups is 1. The number of hydrogen-bond acceptors (Lipinski definition) is 4. The minimum atomic E-state index is -0.921. The highest BCUT2D eigenvalue weighted by Crippen LogP contribution is 2.30. The number of aliphatic hydroxyl groups excluding tert-OH is 1. The van der Waals surface area contributed by atoms with Crippen molar-refractivity contribution in [3.8, 4) is 0 Å². The number of halogens is 4. The Bertz CT molecular complexity index is 865. The zero-order chi connectivity index (χ0) is 18.6. The highest BCUT2D eigenvalue weighted by molar-refractivity contribution is 6.36. The lowest BCUT2D eigenvalue weighted by Gasteiger charge is -2.08. The maximum absolute atomic E-state index is 13.6. The lowest BCUT2D eigenvalue weighted by Crippen LogP contribution is -2.09. The van der Waals surface area contributed by atoms with E-state index >= 15 is 0 Å². The van der Waals surface area contributed by atoms with E-state index in [0.29, 0.717) is 5.69 Å². The molecule has 0 amide bonds. The van der Waals surface area contributed by atoms with Crippen LogP contribution >= 0.6 is 23.2 Å². The van der Waals surface area contributed by atoms with Crippen LogP contribution in [0.3, 0.4) is 0 Å². The number of carbonyl (C=O) groups excluding carboxylic acids is 1. The van der Waals surface area contributed by atoms with Crippen molar-refractivity contribution >= 4 is 46.8 Å². The minimum absolute atomic E-state index is 0.0690. The number of rotatable bonds is 4. The molecule has 0 fully saturated rings. The molecule has 0 spiro atoms. The fourth-order valence-electron chi connectivity index (χ4n) is 1.84. The molecule has 0 bridgehead atoms. The van der Waals surface area contributed by atoms with E-state index in [1.165, 1.54) is 24.3 Å². The van der Waals surface area contributed by atoms with Crippen LogP contribution in [0.1, 0.15) is 5.56 Å². The summed E-state index contributed by atoms with van der Waals surface area (Å²) in [6.07, 6.45) is 1.01. The predicted molar refractivity (Wildman–Crippen MR) is 92.5 cm³/mol. The van der Waals surface area contributed by atoms with Crippen molar-refractivity contribution < 1.29 is 23.4 Å². The normalized spacial score (nSPS) is 12.2. The van der Waals surface area contributed by atoms with E-state index < -0.39 is 23.4 Å². The second kappa shape index (κ2) is 8.09. The number of methoxy groups -OCH3 is 1. The van der Waals surface area contributed by atoms with Gasteiger partial charge in [0.25, 0.3) is 0 Å². The maximum Gasteiger partial charge on any atom is 0.343 e. The van der Waals surface area contributed by atoms with Crippen molar-refractivity contribution in [3.63, 3.8) is 0 Å². The van der Waals surface area contributed by atoms with E-state index in [1.807, 2.05) is 0 Å². The molecule has 0 radical (unpaired) electrons. The summed E-state index contributed by atoms with van der Waals surface area (Å²) in [4.78, 5) is 15.9. The van der Waals surface area contributed by atoms with Gasteiger partial charge in [-0.3, -0.25) is 4.99 Å². The van der Waals surface area contributed by atoms with E-state index in [9.17, 15) is 18.7 Å². The van der Waals surface area contributed by atoms with Gasteiger partial charge in [0.1, 0.15) is 23.0 Å². The summed E-state index contributed by atoms with van der Waals surface area (Å²) >= 11 is 11.5. The van der Waals surface area contributed by atoms with Crippen molar-refractivity contribution in [1.29, 1.82) is 0 Å². The molecule has 0 aliphatic heterocycles. The first-order chi connectivity index (χ1) is 11.8. The molecule has 0 heterocycles. The standard InChI is InChI=1S/C17H11Cl2F2NO3/c1-25-17(24)12(8-22-10-4-2-9(20)3-5-10)16(23)11-6-15(21)14(19)7-13(11)18/h2-8,23H,1H3/b16-12-,22-8?. The molecule has 1 N–H and O–H groups in total. The highest BCUT2D eigenvalue weighted by atomic mass is 35.5. The zero-order valence-electron chi connectivity index (χ0n) is 12.8. The highest BCUT2D eigenvalue weighted by Gasteiger charge is 2.19. The van der Waals surface area contributed by atoms with Crippen molar-refractivity contribution in [3.05, 3.63) is 69.2 Å². The van der Waals surface area contributed by atoms with Gasteiger partial charge < -0.3 is 9.84 Å². The number of ether oxygens (including phenoxy) is 1. The molecule has 2 aromatic rings. The molecule has 2 rings (SSSR count). The van der Waals surface area contributed by atoms with E-state index in [4.69, 9.17) is 23.2 Å². The molecule has 4 nitrogen and oxygen atoms in total. The largest absolute Gasteiger partial charge is 0.506 e. The molecule has 0 aliphatic carbocycles. The Morgan fingerprint density at radius 3 is 2.40 bits per heavy atom. The first-order valence-corrected chi connectivity index (χ1v) is 7.55. The van der Waals surface area contributed by atoms with Gasteiger partial charge >= 0.3 is 5.97 Å². The van der Waals surface area contributed by atoms with Crippen LogP contribution in [0.15, 0.2) is 47.0 Å². The molecule has 0 atom stereocenters. The molecule has 8 heteroatoms. The van der Waals surface area contributed by atoms with Crippen LogP contribution in [0.4, 0.5) is 14.5 Å². The van der Waals surface area contributed by atoms with Crippen LogP contribution in [0, 0.1) is 11.6 Å². The number of hydrogen-bond donors (Lipinski definition) is 1. The second-order valence-corrected chi connectivity index (χ2v) is 5.55. The van der Waals surface area contributed by atoms with Gasteiger partial charge in [0, 0.05) is 11.8 Å². The van der Waals surface area contributed by atoms with Gasteiger partial charge in [-0.15, -0.1) is 0 Å². The molecule has 0 saturated carbocycles. The molecule has 0 unspecified atom stereocenters. The van der Waals surface area contributed by atoms with Crippen LogP contribution < -0.4 is 0 Å². The fourth-order valence-corrected chi connectivity index (χ4v) is 2.31. The third-order valence-electron chi connectivity index (χ3n) is 3.09. The third kappa shape index (κ3) is 4.55. The van der Waals surface area contributed by atoms with E-state index in [0.717, 1.165) is 25.5 Å². The second-order valence-electron chi connectivity index (χ2n) is 4.73. The van der Waals surface area contributed by atoms with E-state index in [2.05, 4.69) is 9.73 Å². The van der Waals surface area contributed by atoms with Crippen LogP contribution in [-0.4, -0.2) is 24.4 Å². The summed E-state index contributed by atoms with van der Waals surface area (Å²) in [6, 6.07) is 7.07. The van der Waals surface area contributed by atoms with Gasteiger partial charge in [-0.25, -0.2) is 13.6 Å². The van der Waals surface area contributed by atoms with E-state index in [1.54, 1.807) is 0 Å². The molecule has 0 aromatic heterocycles. The average molecular weight is 386 g/mol. The molecule has 130 valence electrons. The lowest BCUT2D eigenvalue weighted by molar-refractivity contribution is -0.135. The Balaban J connectivity index is 2.52. The number of benzene rings is 2. The zero-order valence-corrected chi connectivity index (χ0v) is 14.3. The molecule has 0 aliphatic rings. The maximum atomic E-state index is 13.6. The van der Waals surface area contributed by atoms with E-state index in [-0.39, 0.29) is 21.2 Å². The third-order valence-corrected chi connectivity index (χ3v) is 3.70. The Hall–Kier alpha value is -2.44. The van der Waals surface area contributed by atoms with Crippen LogP contribution in [-0.2, 0) is 9.53 Å². The van der Waals surface area contributed by atoms with Crippen molar-refractivity contribution in [2.24, 2.45) is 4.99 Å². The van der Waals surface area contributed by atoms with Gasteiger partial charge in [-0.2, -0.15) is 0 Å². The van der Waals surface area contributed by atoms with Gasteiger partial charge in [0.05, 0.1) is 22.8 Å². The molecular weight excluding hydrogens is 375 g/mol. The number of nitrogens with zero attached hydrogens (tertiary/aromatic N) is 1. The Kier molecular flexibility index (Phi) is 6.12. The lowest BCUT2D eigenvalue weighted by atomic mass is 10.1. The monoisotopic (exact) mass is 385 g/mol. The van der Waals surface area contributed by atoms with Crippen molar-refractivity contribution in [2.45, 2.75) is 0 Å². The van der Waals surface area contributed by atoms with Gasteiger partial charge in [-0.1, -0.05) is 23.2 Å². The summed E-state index contributed by atoms with van der Waals surface area (Å²) in [6.45, 7) is 0. The number of carbonyl (C=O) groups is 1. The van der Waals surface area contributed by atoms with Crippen LogP contribution in [0.25, 0.3) is 5.76 Å². The summed E-state index contributed by atoms with van der Waals surface area (Å²) < 4.78 is 31.1.